The molecule has 2 nitrogen and oxygen atoms in total. The summed E-state index contributed by atoms with van der Waals surface area (Å²) in [5, 5.41) is 0.985. The van der Waals surface area contributed by atoms with Gasteiger partial charge in [-0.15, -0.1) is 0 Å². The minimum atomic E-state index is 0.298. The van der Waals surface area contributed by atoms with Gasteiger partial charge in [-0.25, -0.2) is 0 Å². The SMILES string of the molecule is COc1ccccc1CC(CBr)CC(C)OC. The fourth-order valence-electron chi connectivity index (χ4n) is 1.95. The summed E-state index contributed by atoms with van der Waals surface area (Å²) in [5.74, 6) is 1.55. The molecule has 0 saturated carbocycles. The van der Waals surface area contributed by atoms with Crippen molar-refractivity contribution in [2.45, 2.75) is 25.9 Å². The lowest BCUT2D eigenvalue weighted by Crippen LogP contribution is -2.16. The van der Waals surface area contributed by atoms with Crippen molar-refractivity contribution in [2.24, 2.45) is 5.92 Å². The summed E-state index contributed by atoms with van der Waals surface area (Å²) in [6.07, 6.45) is 2.37. The first-order valence-corrected chi connectivity index (χ1v) is 7.04. The molecule has 1 aromatic rings. The van der Waals surface area contributed by atoms with E-state index < -0.39 is 0 Å². The van der Waals surface area contributed by atoms with E-state index in [-0.39, 0.29) is 0 Å². The Labute approximate surface area is 112 Å². The Hall–Kier alpha value is -0.540. The first-order chi connectivity index (χ1) is 8.21. The Bertz CT molecular complexity index is 328. The minimum Gasteiger partial charge on any atom is -0.496 e. The van der Waals surface area contributed by atoms with E-state index in [2.05, 4.69) is 35.0 Å². The fourth-order valence-corrected chi connectivity index (χ4v) is 2.44. The summed E-state index contributed by atoms with van der Waals surface area (Å²) < 4.78 is 10.7. The van der Waals surface area contributed by atoms with Gasteiger partial charge in [0.05, 0.1) is 13.2 Å². The van der Waals surface area contributed by atoms with Gasteiger partial charge in [-0.05, 0) is 37.3 Å². The zero-order chi connectivity index (χ0) is 12.7. The molecule has 0 fully saturated rings. The van der Waals surface area contributed by atoms with Crippen LogP contribution in [0, 0.1) is 5.92 Å². The predicted molar refractivity (Wildman–Crippen MR) is 75.1 cm³/mol. The van der Waals surface area contributed by atoms with E-state index in [4.69, 9.17) is 9.47 Å². The molecule has 0 aliphatic heterocycles. The molecule has 2 unspecified atom stereocenters. The van der Waals surface area contributed by atoms with E-state index >= 15 is 0 Å². The van der Waals surface area contributed by atoms with E-state index in [1.54, 1.807) is 14.2 Å². The smallest absolute Gasteiger partial charge is 0.122 e. The second-order valence-electron chi connectivity index (χ2n) is 4.32. The number of ether oxygens (including phenoxy) is 2. The molecule has 0 aliphatic rings. The van der Waals surface area contributed by atoms with Gasteiger partial charge in [-0.2, -0.15) is 0 Å². The molecule has 0 saturated heterocycles. The summed E-state index contributed by atoms with van der Waals surface area (Å²) in [4.78, 5) is 0. The second-order valence-corrected chi connectivity index (χ2v) is 4.97. The van der Waals surface area contributed by atoms with Gasteiger partial charge in [-0.1, -0.05) is 34.1 Å². The topological polar surface area (TPSA) is 18.5 Å². The highest BCUT2D eigenvalue weighted by atomic mass is 79.9. The Morgan fingerprint density at radius 2 is 1.94 bits per heavy atom. The minimum absolute atomic E-state index is 0.298. The zero-order valence-corrected chi connectivity index (χ0v) is 12.4. The average molecular weight is 301 g/mol. The Balaban J connectivity index is 2.66. The number of halogens is 1. The zero-order valence-electron chi connectivity index (χ0n) is 10.8. The largest absolute Gasteiger partial charge is 0.496 e. The average Bonchev–Trinajstić information content (AvgIpc) is 2.38. The number of para-hydroxylation sites is 1. The number of hydrogen-bond acceptors (Lipinski definition) is 2. The van der Waals surface area contributed by atoms with Crippen LogP contribution in [-0.2, 0) is 11.2 Å². The van der Waals surface area contributed by atoms with Crippen molar-refractivity contribution in [3.63, 3.8) is 0 Å². The third-order valence-electron chi connectivity index (χ3n) is 2.99. The molecule has 2 atom stereocenters. The van der Waals surface area contributed by atoms with Gasteiger partial charge in [0.15, 0.2) is 0 Å². The van der Waals surface area contributed by atoms with E-state index in [9.17, 15) is 0 Å². The van der Waals surface area contributed by atoms with Gasteiger partial charge in [0.1, 0.15) is 5.75 Å². The molecule has 1 rings (SSSR count). The van der Waals surface area contributed by atoms with Crippen molar-refractivity contribution in [1.29, 1.82) is 0 Å². The normalized spacial score (nSPS) is 14.4. The highest BCUT2D eigenvalue weighted by molar-refractivity contribution is 9.09. The van der Waals surface area contributed by atoms with E-state index in [1.165, 1.54) is 5.56 Å². The number of methoxy groups -OCH3 is 2. The van der Waals surface area contributed by atoms with Crippen LogP contribution in [0.2, 0.25) is 0 Å². The molecule has 17 heavy (non-hydrogen) atoms. The van der Waals surface area contributed by atoms with Crippen LogP contribution in [0.1, 0.15) is 18.9 Å². The molecule has 96 valence electrons. The van der Waals surface area contributed by atoms with Gasteiger partial charge in [-0.3, -0.25) is 0 Å². The van der Waals surface area contributed by atoms with Crippen LogP contribution in [-0.4, -0.2) is 25.7 Å². The van der Waals surface area contributed by atoms with Gasteiger partial charge in [0.25, 0.3) is 0 Å². The van der Waals surface area contributed by atoms with Crippen LogP contribution in [0.5, 0.6) is 5.75 Å². The van der Waals surface area contributed by atoms with Crippen LogP contribution in [0.4, 0.5) is 0 Å². The third kappa shape index (κ3) is 4.68. The summed E-state index contributed by atoms with van der Waals surface area (Å²) in [6.45, 7) is 2.11. The van der Waals surface area contributed by atoms with Crippen LogP contribution < -0.4 is 4.74 Å². The molecule has 0 amide bonds. The molecule has 0 heterocycles. The molecule has 0 N–H and O–H groups in total. The van der Waals surface area contributed by atoms with E-state index in [1.807, 2.05) is 12.1 Å². The van der Waals surface area contributed by atoms with Crippen molar-refractivity contribution in [2.75, 3.05) is 19.5 Å². The molecule has 0 aliphatic carbocycles. The van der Waals surface area contributed by atoms with Crippen LogP contribution in [0.15, 0.2) is 24.3 Å². The number of benzene rings is 1. The summed E-state index contributed by atoms with van der Waals surface area (Å²) in [7, 11) is 3.48. The number of rotatable bonds is 7. The lowest BCUT2D eigenvalue weighted by molar-refractivity contribution is 0.0980. The molecule has 0 radical (unpaired) electrons. The summed E-state index contributed by atoms with van der Waals surface area (Å²) in [5.41, 5.74) is 1.27. The van der Waals surface area contributed by atoms with Crippen molar-refractivity contribution in [3.05, 3.63) is 29.8 Å². The molecule has 0 aromatic heterocycles. The van der Waals surface area contributed by atoms with Gasteiger partial charge in [0, 0.05) is 12.4 Å². The first kappa shape index (κ1) is 14.5. The quantitative estimate of drug-likeness (QED) is 0.715. The predicted octanol–water partition coefficient (Wildman–Crippen LogP) is 3.67. The molecule has 0 spiro atoms. The van der Waals surface area contributed by atoms with Crippen LogP contribution in [0.25, 0.3) is 0 Å². The van der Waals surface area contributed by atoms with Crippen molar-refractivity contribution >= 4 is 15.9 Å². The maximum atomic E-state index is 5.38. The molecular formula is C14H21BrO2. The van der Waals surface area contributed by atoms with Crippen molar-refractivity contribution in [1.82, 2.24) is 0 Å². The third-order valence-corrected chi connectivity index (χ3v) is 3.90. The second kappa shape index (κ2) is 7.72. The number of hydrogen-bond donors (Lipinski definition) is 0. The maximum absolute atomic E-state index is 5.38. The molecule has 3 heteroatoms. The summed E-state index contributed by atoms with van der Waals surface area (Å²) >= 11 is 3.58. The Morgan fingerprint density at radius 1 is 1.24 bits per heavy atom. The maximum Gasteiger partial charge on any atom is 0.122 e. The number of alkyl halides is 1. The van der Waals surface area contributed by atoms with Gasteiger partial charge >= 0.3 is 0 Å². The Kier molecular flexibility index (Phi) is 6.60. The lowest BCUT2D eigenvalue weighted by Gasteiger charge is -2.19. The van der Waals surface area contributed by atoms with Crippen LogP contribution >= 0.6 is 15.9 Å². The standard InChI is InChI=1S/C14H21BrO2/c1-11(16-2)8-12(10-15)9-13-6-4-5-7-14(13)17-3/h4-7,11-12H,8-10H2,1-3H3. The Morgan fingerprint density at radius 3 is 2.53 bits per heavy atom. The van der Waals surface area contributed by atoms with E-state index in [0.717, 1.165) is 23.9 Å². The van der Waals surface area contributed by atoms with Crippen molar-refractivity contribution in [3.8, 4) is 5.75 Å². The van der Waals surface area contributed by atoms with Crippen molar-refractivity contribution < 1.29 is 9.47 Å². The lowest BCUT2D eigenvalue weighted by atomic mass is 9.95. The van der Waals surface area contributed by atoms with E-state index in [0.29, 0.717) is 12.0 Å². The molecule has 0 bridgehead atoms. The highest BCUT2D eigenvalue weighted by Gasteiger charge is 2.14. The molecular weight excluding hydrogens is 280 g/mol. The van der Waals surface area contributed by atoms with Gasteiger partial charge in [0.2, 0.25) is 0 Å². The monoisotopic (exact) mass is 300 g/mol. The van der Waals surface area contributed by atoms with Crippen LogP contribution in [0.3, 0.4) is 0 Å². The first-order valence-electron chi connectivity index (χ1n) is 5.91. The fraction of sp³-hybridized carbons (Fsp3) is 0.571. The summed E-state index contributed by atoms with van der Waals surface area (Å²) in [6, 6.07) is 8.21. The van der Waals surface area contributed by atoms with Gasteiger partial charge < -0.3 is 9.47 Å². The molecule has 1 aromatic carbocycles. The highest BCUT2D eigenvalue weighted by Crippen LogP contribution is 2.24.